The van der Waals surface area contributed by atoms with Gasteiger partial charge in [-0.25, -0.2) is 8.42 Å². The summed E-state index contributed by atoms with van der Waals surface area (Å²) < 4.78 is 32.2. The molecule has 8 heteroatoms. The summed E-state index contributed by atoms with van der Waals surface area (Å²) in [6, 6.07) is 6.91. The average Bonchev–Trinajstić information content (AvgIpc) is 2.74. The van der Waals surface area contributed by atoms with Crippen molar-refractivity contribution in [3.05, 3.63) is 24.3 Å². The molecule has 1 saturated heterocycles. The SMILES string of the molecule is COc1ccc(S(=O)(=O)N2CCN(C(=O)CN(C)C3CCCCC3)CC2)cc1. The zero-order valence-electron chi connectivity index (χ0n) is 16.8. The summed E-state index contributed by atoms with van der Waals surface area (Å²) in [7, 11) is 0.0262. The quantitative estimate of drug-likeness (QED) is 0.717. The molecule has 1 heterocycles. The molecule has 3 rings (SSSR count). The van der Waals surface area contributed by atoms with E-state index >= 15 is 0 Å². The van der Waals surface area contributed by atoms with Gasteiger partial charge in [0.15, 0.2) is 0 Å². The number of rotatable bonds is 6. The van der Waals surface area contributed by atoms with Crippen molar-refractivity contribution < 1.29 is 17.9 Å². The third-order valence-corrected chi connectivity index (χ3v) is 7.78. The maximum absolute atomic E-state index is 12.8. The van der Waals surface area contributed by atoms with Gasteiger partial charge in [-0.2, -0.15) is 4.31 Å². The van der Waals surface area contributed by atoms with Crippen molar-refractivity contribution in [2.45, 2.75) is 43.0 Å². The topological polar surface area (TPSA) is 70.2 Å². The number of carbonyl (C=O) groups is 1. The van der Waals surface area contributed by atoms with E-state index in [4.69, 9.17) is 4.74 Å². The molecule has 0 bridgehead atoms. The first kappa shape index (κ1) is 21.1. The van der Waals surface area contributed by atoms with Gasteiger partial charge in [-0.1, -0.05) is 19.3 Å². The number of piperazine rings is 1. The fourth-order valence-electron chi connectivity index (χ4n) is 4.04. The van der Waals surface area contributed by atoms with Crippen LogP contribution < -0.4 is 4.74 Å². The maximum Gasteiger partial charge on any atom is 0.243 e. The highest BCUT2D eigenvalue weighted by atomic mass is 32.2. The maximum atomic E-state index is 12.8. The highest BCUT2D eigenvalue weighted by Gasteiger charge is 2.31. The Balaban J connectivity index is 1.53. The Morgan fingerprint density at radius 2 is 1.68 bits per heavy atom. The molecule has 0 N–H and O–H groups in total. The largest absolute Gasteiger partial charge is 0.497 e. The Kier molecular flexibility index (Phi) is 6.95. The molecule has 28 heavy (non-hydrogen) atoms. The van der Waals surface area contributed by atoms with Gasteiger partial charge in [-0.3, -0.25) is 9.69 Å². The first-order valence-electron chi connectivity index (χ1n) is 10.0. The van der Waals surface area contributed by atoms with E-state index in [0.717, 1.165) is 12.8 Å². The number of likely N-dealkylation sites (N-methyl/N-ethyl adjacent to an activating group) is 1. The summed E-state index contributed by atoms with van der Waals surface area (Å²) in [5, 5.41) is 0. The molecule has 1 aliphatic carbocycles. The zero-order chi connectivity index (χ0) is 20.1. The van der Waals surface area contributed by atoms with Gasteiger partial charge in [0.25, 0.3) is 0 Å². The summed E-state index contributed by atoms with van der Waals surface area (Å²) in [5.41, 5.74) is 0. The third kappa shape index (κ3) is 4.85. The van der Waals surface area contributed by atoms with Crippen LogP contribution in [0.25, 0.3) is 0 Å². The fraction of sp³-hybridized carbons (Fsp3) is 0.650. The molecule has 1 aromatic rings. The molecule has 2 fully saturated rings. The second-order valence-electron chi connectivity index (χ2n) is 7.67. The predicted octanol–water partition coefficient (Wildman–Crippen LogP) is 1.79. The molecule has 0 atom stereocenters. The van der Waals surface area contributed by atoms with E-state index in [1.165, 1.54) is 23.6 Å². The van der Waals surface area contributed by atoms with Gasteiger partial charge in [0.05, 0.1) is 18.6 Å². The van der Waals surface area contributed by atoms with Crippen LogP contribution in [0.1, 0.15) is 32.1 Å². The van der Waals surface area contributed by atoms with Gasteiger partial charge in [-0.15, -0.1) is 0 Å². The monoisotopic (exact) mass is 409 g/mol. The molecule has 0 radical (unpaired) electrons. The lowest BCUT2D eigenvalue weighted by atomic mass is 9.94. The number of sulfonamides is 1. The average molecular weight is 410 g/mol. The van der Waals surface area contributed by atoms with E-state index in [0.29, 0.717) is 44.5 Å². The summed E-state index contributed by atoms with van der Waals surface area (Å²) in [6.07, 6.45) is 6.11. The number of nitrogens with zero attached hydrogens (tertiary/aromatic N) is 3. The summed E-state index contributed by atoms with van der Waals surface area (Å²) in [6.45, 7) is 1.94. The number of amides is 1. The number of benzene rings is 1. The molecular formula is C20H31N3O4S. The highest BCUT2D eigenvalue weighted by Crippen LogP contribution is 2.23. The van der Waals surface area contributed by atoms with Gasteiger partial charge < -0.3 is 9.64 Å². The summed E-state index contributed by atoms with van der Waals surface area (Å²) >= 11 is 0. The minimum atomic E-state index is -3.55. The second-order valence-corrected chi connectivity index (χ2v) is 9.61. The van der Waals surface area contributed by atoms with Crippen LogP contribution in [-0.4, -0.2) is 81.4 Å². The minimum absolute atomic E-state index is 0.0922. The zero-order valence-corrected chi connectivity index (χ0v) is 17.7. The molecule has 1 aliphatic heterocycles. The van der Waals surface area contributed by atoms with Crippen LogP contribution in [0.3, 0.4) is 0 Å². The Bertz CT molecular complexity index is 752. The molecule has 1 saturated carbocycles. The lowest BCUT2D eigenvalue weighted by molar-refractivity contribution is -0.134. The normalized spacial score (nSPS) is 19.8. The molecule has 1 amide bonds. The van der Waals surface area contributed by atoms with Gasteiger partial charge >= 0.3 is 0 Å². The van der Waals surface area contributed by atoms with Crippen LogP contribution >= 0.6 is 0 Å². The van der Waals surface area contributed by atoms with Gasteiger partial charge in [0.2, 0.25) is 15.9 Å². The minimum Gasteiger partial charge on any atom is -0.497 e. The van der Waals surface area contributed by atoms with Crippen molar-refractivity contribution in [1.82, 2.24) is 14.1 Å². The third-order valence-electron chi connectivity index (χ3n) is 5.87. The number of hydrogen-bond acceptors (Lipinski definition) is 5. The Morgan fingerprint density at radius 1 is 1.07 bits per heavy atom. The van der Waals surface area contributed by atoms with Crippen LogP contribution in [0.2, 0.25) is 0 Å². The van der Waals surface area contributed by atoms with Crippen molar-refractivity contribution in [1.29, 1.82) is 0 Å². The van der Waals surface area contributed by atoms with E-state index < -0.39 is 10.0 Å². The van der Waals surface area contributed by atoms with E-state index in [9.17, 15) is 13.2 Å². The first-order valence-corrected chi connectivity index (χ1v) is 11.5. The van der Waals surface area contributed by atoms with Crippen LogP contribution in [0, 0.1) is 0 Å². The van der Waals surface area contributed by atoms with Crippen molar-refractivity contribution >= 4 is 15.9 Å². The number of carbonyl (C=O) groups excluding carboxylic acids is 1. The van der Waals surface area contributed by atoms with E-state index in [1.54, 1.807) is 36.3 Å². The standard InChI is InChI=1S/C20H31N3O4S/c1-21(17-6-4-3-5-7-17)16-20(24)22-12-14-23(15-13-22)28(25,26)19-10-8-18(27-2)9-11-19/h8-11,17H,3-7,12-16H2,1-2H3. The van der Waals surface area contributed by atoms with Gasteiger partial charge in [0.1, 0.15) is 5.75 Å². The Labute approximate surface area is 168 Å². The molecule has 1 aromatic carbocycles. The molecule has 156 valence electrons. The summed E-state index contributed by atoms with van der Waals surface area (Å²) in [5.74, 6) is 0.714. The highest BCUT2D eigenvalue weighted by molar-refractivity contribution is 7.89. The second kappa shape index (κ2) is 9.24. The molecule has 0 aromatic heterocycles. The predicted molar refractivity (Wildman–Crippen MR) is 108 cm³/mol. The van der Waals surface area contributed by atoms with Crippen LogP contribution in [-0.2, 0) is 14.8 Å². The van der Waals surface area contributed by atoms with Crippen LogP contribution in [0.4, 0.5) is 0 Å². The first-order chi connectivity index (χ1) is 13.4. The lowest BCUT2D eigenvalue weighted by Crippen LogP contribution is -2.53. The van der Waals surface area contributed by atoms with Gasteiger partial charge in [0, 0.05) is 32.2 Å². The van der Waals surface area contributed by atoms with Crippen LogP contribution in [0.5, 0.6) is 5.75 Å². The molecule has 7 nitrogen and oxygen atoms in total. The van der Waals surface area contributed by atoms with Crippen molar-refractivity contribution in [2.24, 2.45) is 0 Å². The smallest absolute Gasteiger partial charge is 0.243 e. The molecule has 0 spiro atoms. The Hall–Kier alpha value is -1.64. The number of ether oxygens (including phenoxy) is 1. The van der Waals surface area contributed by atoms with Gasteiger partial charge in [-0.05, 0) is 44.2 Å². The van der Waals surface area contributed by atoms with Crippen molar-refractivity contribution in [2.75, 3.05) is 46.9 Å². The Morgan fingerprint density at radius 3 is 2.25 bits per heavy atom. The molecule has 2 aliphatic rings. The van der Waals surface area contributed by atoms with Crippen molar-refractivity contribution in [3.8, 4) is 5.75 Å². The van der Waals surface area contributed by atoms with E-state index in [-0.39, 0.29) is 10.8 Å². The van der Waals surface area contributed by atoms with Crippen molar-refractivity contribution in [3.63, 3.8) is 0 Å². The molecule has 0 unspecified atom stereocenters. The summed E-state index contributed by atoms with van der Waals surface area (Å²) in [4.78, 5) is 16.9. The van der Waals surface area contributed by atoms with E-state index in [1.807, 2.05) is 7.05 Å². The number of hydrogen-bond donors (Lipinski definition) is 0. The number of methoxy groups -OCH3 is 1. The van der Waals surface area contributed by atoms with Crippen LogP contribution in [0.15, 0.2) is 29.2 Å². The molecular weight excluding hydrogens is 378 g/mol. The fourth-order valence-corrected chi connectivity index (χ4v) is 5.46. The lowest BCUT2D eigenvalue weighted by Gasteiger charge is -2.36. The van der Waals surface area contributed by atoms with E-state index in [2.05, 4.69) is 4.90 Å².